The van der Waals surface area contributed by atoms with Gasteiger partial charge in [-0.15, -0.1) is 5.10 Å². The van der Waals surface area contributed by atoms with Crippen LogP contribution < -0.4 is 10.1 Å². The lowest BCUT2D eigenvalue weighted by Crippen LogP contribution is -2.22. The first kappa shape index (κ1) is 14.9. The van der Waals surface area contributed by atoms with Gasteiger partial charge < -0.3 is 10.1 Å². The van der Waals surface area contributed by atoms with E-state index in [9.17, 15) is 4.79 Å². The number of benzene rings is 1. The summed E-state index contributed by atoms with van der Waals surface area (Å²) in [6.45, 7) is 1.84. The van der Waals surface area contributed by atoms with E-state index in [0.29, 0.717) is 22.5 Å². The van der Waals surface area contributed by atoms with Gasteiger partial charge >= 0.3 is 0 Å². The smallest absolute Gasteiger partial charge is 0.237 e. The lowest BCUT2D eigenvalue weighted by atomic mass is 10.3. The van der Waals surface area contributed by atoms with E-state index in [4.69, 9.17) is 4.74 Å². The van der Waals surface area contributed by atoms with Crippen LogP contribution in [0.1, 0.15) is 31.5 Å². The Morgan fingerprint density at radius 2 is 2.23 bits per heavy atom. The predicted octanol–water partition coefficient (Wildman–Crippen LogP) is 2.81. The summed E-state index contributed by atoms with van der Waals surface area (Å²) in [5.41, 5.74) is 0.663. The molecule has 1 aromatic heterocycles. The third-order valence-electron chi connectivity index (χ3n) is 3.46. The molecule has 1 aliphatic rings. The van der Waals surface area contributed by atoms with Gasteiger partial charge in [-0.05, 0) is 31.9 Å². The van der Waals surface area contributed by atoms with Crippen molar-refractivity contribution >= 4 is 23.4 Å². The van der Waals surface area contributed by atoms with E-state index >= 15 is 0 Å². The molecule has 1 saturated carbocycles. The number of para-hydroxylation sites is 2. The Morgan fingerprint density at radius 3 is 2.95 bits per heavy atom. The van der Waals surface area contributed by atoms with Gasteiger partial charge in [0.05, 0.1) is 18.0 Å². The minimum absolute atomic E-state index is 0.104. The van der Waals surface area contributed by atoms with Crippen molar-refractivity contribution < 1.29 is 9.53 Å². The number of aromatic amines is 1. The molecule has 0 bridgehead atoms. The average Bonchev–Trinajstić information content (AvgIpc) is 3.28. The Bertz CT molecular complexity index is 669. The van der Waals surface area contributed by atoms with Crippen LogP contribution in [0, 0.1) is 0 Å². The van der Waals surface area contributed by atoms with Gasteiger partial charge in [-0.25, -0.2) is 4.98 Å². The molecular weight excluding hydrogens is 300 g/mol. The summed E-state index contributed by atoms with van der Waals surface area (Å²) in [6, 6.07) is 7.34. The van der Waals surface area contributed by atoms with Crippen molar-refractivity contribution in [1.29, 1.82) is 0 Å². The molecule has 116 valence electrons. The molecule has 0 spiro atoms. The van der Waals surface area contributed by atoms with Crippen LogP contribution in [0.25, 0.3) is 0 Å². The Hall–Kier alpha value is -2.02. The molecule has 1 unspecified atom stereocenters. The molecule has 0 aliphatic heterocycles. The topological polar surface area (TPSA) is 79.9 Å². The van der Waals surface area contributed by atoms with E-state index in [2.05, 4.69) is 20.5 Å². The van der Waals surface area contributed by atoms with Crippen LogP contribution >= 0.6 is 11.8 Å². The van der Waals surface area contributed by atoms with Crippen LogP contribution in [0.3, 0.4) is 0 Å². The van der Waals surface area contributed by atoms with Gasteiger partial charge in [-0.1, -0.05) is 23.9 Å². The molecule has 7 heteroatoms. The van der Waals surface area contributed by atoms with Crippen molar-refractivity contribution in [2.45, 2.75) is 36.1 Å². The highest BCUT2D eigenvalue weighted by Crippen LogP contribution is 2.38. The maximum atomic E-state index is 12.3. The molecule has 1 aliphatic carbocycles. The van der Waals surface area contributed by atoms with Crippen molar-refractivity contribution in [1.82, 2.24) is 15.2 Å². The van der Waals surface area contributed by atoms with E-state index in [1.165, 1.54) is 24.6 Å². The molecule has 1 fully saturated rings. The van der Waals surface area contributed by atoms with Gasteiger partial charge in [-0.3, -0.25) is 9.89 Å². The number of rotatable bonds is 6. The molecule has 1 aromatic carbocycles. The lowest BCUT2D eigenvalue weighted by molar-refractivity contribution is -0.115. The first-order valence-electron chi connectivity index (χ1n) is 7.20. The fourth-order valence-corrected chi connectivity index (χ4v) is 2.78. The van der Waals surface area contributed by atoms with Gasteiger partial charge in [0, 0.05) is 5.92 Å². The minimum atomic E-state index is -0.298. The van der Waals surface area contributed by atoms with Crippen LogP contribution in [-0.2, 0) is 4.79 Å². The fraction of sp³-hybridized carbons (Fsp3) is 0.400. The van der Waals surface area contributed by atoms with E-state index in [-0.39, 0.29) is 11.2 Å². The van der Waals surface area contributed by atoms with Gasteiger partial charge in [0.25, 0.3) is 0 Å². The van der Waals surface area contributed by atoms with Gasteiger partial charge in [-0.2, -0.15) is 0 Å². The van der Waals surface area contributed by atoms with Crippen LogP contribution in [-0.4, -0.2) is 33.4 Å². The Labute approximate surface area is 133 Å². The molecular formula is C15H18N4O2S. The van der Waals surface area contributed by atoms with Crippen molar-refractivity contribution in [3.8, 4) is 5.75 Å². The Kier molecular flexibility index (Phi) is 4.33. The third-order valence-corrected chi connectivity index (χ3v) is 4.42. The summed E-state index contributed by atoms with van der Waals surface area (Å²) in [4.78, 5) is 16.7. The standard InChI is InChI=1S/C15H18N4O2S/c1-9(22-15-17-13(18-19-15)10-7-8-10)14(20)16-11-5-3-4-6-12(11)21-2/h3-6,9-10H,7-8H2,1-2H3,(H,16,20)(H,17,18,19). The molecule has 1 atom stereocenters. The summed E-state index contributed by atoms with van der Waals surface area (Å²) >= 11 is 1.34. The molecule has 1 amide bonds. The van der Waals surface area contributed by atoms with Crippen molar-refractivity contribution in [2.75, 3.05) is 12.4 Å². The van der Waals surface area contributed by atoms with Crippen LogP contribution in [0.4, 0.5) is 5.69 Å². The molecule has 0 radical (unpaired) electrons. The normalized spacial score (nSPS) is 15.4. The number of amides is 1. The average molecular weight is 318 g/mol. The largest absolute Gasteiger partial charge is 0.495 e. The minimum Gasteiger partial charge on any atom is -0.495 e. The number of H-pyrrole nitrogens is 1. The summed E-state index contributed by atoms with van der Waals surface area (Å²) in [7, 11) is 1.58. The van der Waals surface area contributed by atoms with E-state index < -0.39 is 0 Å². The molecule has 2 N–H and O–H groups in total. The zero-order chi connectivity index (χ0) is 15.5. The second kappa shape index (κ2) is 6.39. The second-order valence-corrected chi connectivity index (χ2v) is 6.54. The summed E-state index contributed by atoms with van der Waals surface area (Å²) in [5.74, 6) is 1.99. The van der Waals surface area contributed by atoms with Crippen molar-refractivity contribution in [3.63, 3.8) is 0 Å². The molecule has 2 aromatic rings. The zero-order valence-electron chi connectivity index (χ0n) is 12.5. The Balaban J connectivity index is 1.61. The quantitative estimate of drug-likeness (QED) is 0.801. The SMILES string of the molecule is COc1ccccc1NC(=O)C(C)Sc1n[nH]c(C2CC2)n1. The molecule has 0 saturated heterocycles. The fourth-order valence-electron chi connectivity index (χ4n) is 2.04. The van der Waals surface area contributed by atoms with Gasteiger partial charge in [0.2, 0.25) is 11.1 Å². The predicted molar refractivity (Wildman–Crippen MR) is 85.3 cm³/mol. The van der Waals surface area contributed by atoms with Crippen molar-refractivity contribution in [3.05, 3.63) is 30.1 Å². The van der Waals surface area contributed by atoms with Crippen LogP contribution in [0.15, 0.2) is 29.4 Å². The zero-order valence-corrected chi connectivity index (χ0v) is 13.3. The highest BCUT2D eigenvalue weighted by molar-refractivity contribution is 8.00. The summed E-state index contributed by atoms with van der Waals surface area (Å²) in [5, 5.41) is 10.3. The van der Waals surface area contributed by atoms with Gasteiger partial charge in [0.1, 0.15) is 11.6 Å². The number of hydrogen-bond donors (Lipinski definition) is 2. The Morgan fingerprint density at radius 1 is 1.45 bits per heavy atom. The molecule has 22 heavy (non-hydrogen) atoms. The first-order valence-corrected chi connectivity index (χ1v) is 8.08. The number of carbonyl (C=O) groups is 1. The number of thioether (sulfide) groups is 1. The number of carbonyl (C=O) groups excluding carboxylic acids is 1. The maximum absolute atomic E-state index is 12.3. The number of aromatic nitrogens is 3. The van der Waals surface area contributed by atoms with Gasteiger partial charge in [0.15, 0.2) is 0 Å². The number of anilines is 1. The van der Waals surface area contributed by atoms with Crippen LogP contribution in [0.2, 0.25) is 0 Å². The van der Waals surface area contributed by atoms with Crippen molar-refractivity contribution in [2.24, 2.45) is 0 Å². The van der Waals surface area contributed by atoms with E-state index in [1.54, 1.807) is 7.11 Å². The van der Waals surface area contributed by atoms with E-state index in [1.807, 2.05) is 31.2 Å². The number of nitrogens with zero attached hydrogens (tertiary/aromatic N) is 2. The molecule has 6 nitrogen and oxygen atoms in total. The maximum Gasteiger partial charge on any atom is 0.237 e. The summed E-state index contributed by atoms with van der Waals surface area (Å²) in [6.07, 6.45) is 2.34. The number of ether oxygens (including phenoxy) is 1. The highest BCUT2D eigenvalue weighted by Gasteiger charge is 2.28. The summed E-state index contributed by atoms with van der Waals surface area (Å²) < 4.78 is 5.23. The number of methoxy groups -OCH3 is 1. The second-order valence-electron chi connectivity index (χ2n) is 5.23. The molecule has 1 heterocycles. The van der Waals surface area contributed by atoms with E-state index in [0.717, 1.165) is 5.82 Å². The lowest BCUT2D eigenvalue weighted by Gasteiger charge is -2.12. The highest BCUT2D eigenvalue weighted by atomic mass is 32.2. The first-order chi connectivity index (χ1) is 10.7. The molecule has 3 rings (SSSR count). The number of hydrogen-bond acceptors (Lipinski definition) is 5. The van der Waals surface area contributed by atoms with Crippen LogP contribution in [0.5, 0.6) is 5.75 Å². The third kappa shape index (κ3) is 3.41. The monoisotopic (exact) mass is 318 g/mol. The number of nitrogens with one attached hydrogen (secondary N) is 2.